The van der Waals surface area contributed by atoms with Gasteiger partial charge in [0.25, 0.3) is 0 Å². The molecule has 4 rings (SSSR count). The molecule has 0 bridgehead atoms. The number of carbonyl (C=O) groups is 1. The van der Waals surface area contributed by atoms with Gasteiger partial charge in [-0.15, -0.1) is 5.10 Å². The molecule has 1 amide bonds. The van der Waals surface area contributed by atoms with Crippen molar-refractivity contribution in [1.82, 2.24) is 20.5 Å². The molecule has 6 nitrogen and oxygen atoms in total. The Kier molecular flexibility index (Phi) is 5.54. The van der Waals surface area contributed by atoms with E-state index in [1.165, 1.54) is 11.8 Å². The molecule has 3 aromatic rings. The highest BCUT2D eigenvalue weighted by Crippen LogP contribution is 2.36. The third-order valence-corrected chi connectivity index (χ3v) is 5.72. The summed E-state index contributed by atoms with van der Waals surface area (Å²) in [6, 6.07) is 15.3. The minimum atomic E-state index is -0.424. The molecular weight excluding hydrogens is 396 g/mol. The molecular formula is C20H19ClN4O2S. The second-order valence-electron chi connectivity index (χ2n) is 6.50. The molecule has 0 saturated heterocycles. The van der Waals surface area contributed by atoms with Crippen molar-refractivity contribution in [3.05, 3.63) is 59.1 Å². The Morgan fingerprint density at radius 3 is 2.79 bits per heavy atom. The maximum atomic E-state index is 12.8. The van der Waals surface area contributed by atoms with E-state index in [-0.39, 0.29) is 11.9 Å². The summed E-state index contributed by atoms with van der Waals surface area (Å²) in [7, 11) is 1.59. The fourth-order valence-corrected chi connectivity index (χ4v) is 3.89. The molecule has 8 heteroatoms. The summed E-state index contributed by atoms with van der Waals surface area (Å²) < 4.78 is 5.39. The zero-order chi connectivity index (χ0) is 19.5. The van der Waals surface area contributed by atoms with E-state index in [1.54, 1.807) is 25.3 Å². The number of ether oxygens (including phenoxy) is 1. The molecule has 28 heavy (non-hydrogen) atoms. The average molecular weight is 415 g/mol. The number of carbonyl (C=O) groups excluding carboxylic acids is 1. The Labute approximate surface area is 172 Å². The highest BCUT2D eigenvalue weighted by atomic mass is 35.5. The van der Waals surface area contributed by atoms with Gasteiger partial charge in [-0.2, -0.15) is 0 Å². The summed E-state index contributed by atoms with van der Waals surface area (Å²) in [6.07, 6.45) is 2.08. The first-order valence-corrected chi connectivity index (χ1v) is 10.2. The first-order chi connectivity index (χ1) is 13.6. The predicted octanol–water partition coefficient (Wildman–Crippen LogP) is 4.25. The van der Waals surface area contributed by atoms with Crippen LogP contribution in [0.1, 0.15) is 23.7 Å². The largest absolute Gasteiger partial charge is 0.496 e. The summed E-state index contributed by atoms with van der Waals surface area (Å²) in [6.45, 7) is 0. The molecule has 1 atom stereocenters. The maximum Gasteiger partial charge on any atom is 0.238 e. The van der Waals surface area contributed by atoms with E-state index in [0.29, 0.717) is 27.3 Å². The third-order valence-electron chi connectivity index (χ3n) is 4.37. The fourth-order valence-electron chi connectivity index (χ4n) is 2.80. The van der Waals surface area contributed by atoms with E-state index >= 15 is 0 Å². The van der Waals surface area contributed by atoms with Gasteiger partial charge in [0, 0.05) is 11.1 Å². The van der Waals surface area contributed by atoms with E-state index < -0.39 is 5.25 Å². The van der Waals surface area contributed by atoms with E-state index in [9.17, 15) is 4.79 Å². The number of H-pyrrole nitrogens is 1. The molecule has 0 aliphatic heterocycles. The first-order valence-electron chi connectivity index (χ1n) is 8.92. The van der Waals surface area contributed by atoms with Crippen LogP contribution in [0.15, 0.2) is 53.7 Å². The van der Waals surface area contributed by atoms with Gasteiger partial charge in [0.05, 0.1) is 12.7 Å². The second kappa shape index (κ2) is 8.24. The molecule has 1 aromatic heterocycles. The molecule has 1 fully saturated rings. The van der Waals surface area contributed by atoms with E-state index in [2.05, 4.69) is 20.5 Å². The first kappa shape index (κ1) is 18.8. The maximum absolute atomic E-state index is 12.8. The lowest BCUT2D eigenvalue weighted by atomic mass is 10.1. The van der Waals surface area contributed by atoms with Gasteiger partial charge >= 0.3 is 0 Å². The van der Waals surface area contributed by atoms with Crippen LogP contribution in [0.3, 0.4) is 0 Å². The minimum absolute atomic E-state index is 0.0228. The number of thioether (sulfide) groups is 1. The van der Waals surface area contributed by atoms with Crippen molar-refractivity contribution < 1.29 is 9.53 Å². The molecule has 1 aliphatic rings. The van der Waals surface area contributed by atoms with Gasteiger partial charge in [0.2, 0.25) is 11.1 Å². The van der Waals surface area contributed by atoms with Crippen LogP contribution in [0.2, 0.25) is 5.02 Å². The number of hydrogen-bond acceptors (Lipinski definition) is 5. The SMILES string of the molecule is COc1ccc(Cl)cc1-c1nc(SC(C(=O)NC2CC2)c2ccccc2)n[nH]1. The number of benzene rings is 2. The number of rotatable bonds is 7. The van der Waals surface area contributed by atoms with Gasteiger partial charge in [-0.1, -0.05) is 53.7 Å². The number of amides is 1. The standard InChI is InChI=1S/C20H19ClN4O2S/c1-27-16-10-7-13(21)11-15(16)18-23-20(25-24-18)28-17(12-5-3-2-4-6-12)19(26)22-14-8-9-14/h2-7,10-11,14,17H,8-9H2,1H3,(H,22,26)(H,23,24,25). The van der Waals surface area contributed by atoms with Crippen LogP contribution >= 0.6 is 23.4 Å². The normalized spacial score (nSPS) is 14.5. The number of nitrogens with one attached hydrogen (secondary N) is 2. The number of hydrogen-bond donors (Lipinski definition) is 2. The van der Waals surface area contributed by atoms with Crippen molar-refractivity contribution in [3.8, 4) is 17.1 Å². The smallest absolute Gasteiger partial charge is 0.238 e. The Bertz CT molecular complexity index is 975. The van der Waals surface area contributed by atoms with E-state index in [0.717, 1.165) is 18.4 Å². The minimum Gasteiger partial charge on any atom is -0.496 e. The van der Waals surface area contributed by atoms with Crippen LogP contribution in [0.25, 0.3) is 11.4 Å². The Morgan fingerprint density at radius 1 is 1.29 bits per heavy atom. The monoisotopic (exact) mass is 414 g/mol. The van der Waals surface area contributed by atoms with E-state index in [1.807, 2.05) is 30.3 Å². The molecule has 1 heterocycles. The third kappa shape index (κ3) is 4.31. The van der Waals surface area contributed by atoms with Gasteiger partial charge in [-0.3, -0.25) is 9.89 Å². The lowest BCUT2D eigenvalue weighted by molar-refractivity contribution is -0.120. The van der Waals surface area contributed by atoms with Crippen molar-refractivity contribution >= 4 is 29.3 Å². The summed E-state index contributed by atoms with van der Waals surface area (Å²) in [5.74, 6) is 1.16. The Morgan fingerprint density at radius 2 is 2.07 bits per heavy atom. The van der Waals surface area contributed by atoms with Crippen molar-refractivity contribution in [1.29, 1.82) is 0 Å². The molecule has 1 aliphatic carbocycles. The number of methoxy groups -OCH3 is 1. The summed E-state index contributed by atoms with van der Waals surface area (Å²) in [5, 5.41) is 10.9. The van der Waals surface area contributed by atoms with Gasteiger partial charge < -0.3 is 10.1 Å². The Balaban J connectivity index is 1.60. The predicted molar refractivity (Wildman–Crippen MR) is 110 cm³/mol. The number of aromatic nitrogens is 3. The van der Waals surface area contributed by atoms with Crippen LogP contribution < -0.4 is 10.1 Å². The van der Waals surface area contributed by atoms with Crippen molar-refractivity contribution in [3.63, 3.8) is 0 Å². The Hall–Kier alpha value is -2.51. The van der Waals surface area contributed by atoms with Crippen molar-refractivity contribution in [2.75, 3.05) is 7.11 Å². The lowest BCUT2D eigenvalue weighted by Crippen LogP contribution is -2.29. The zero-order valence-electron chi connectivity index (χ0n) is 15.2. The number of halogens is 1. The molecule has 144 valence electrons. The molecule has 2 N–H and O–H groups in total. The zero-order valence-corrected chi connectivity index (χ0v) is 16.8. The molecule has 1 saturated carbocycles. The lowest BCUT2D eigenvalue weighted by Gasteiger charge is -2.15. The van der Waals surface area contributed by atoms with Crippen LogP contribution in [-0.4, -0.2) is 34.2 Å². The highest BCUT2D eigenvalue weighted by Gasteiger charge is 2.30. The summed E-state index contributed by atoms with van der Waals surface area (Å²) in [4.78, 5) is 17.3. The van der Waals surface area contributed by atoms with Crippen LogP contribution in [0.4, 0.5) is 0 Å². The van der Waals surface area contributed by atoms with Gasteiger partial charge in [0.1, 0.15) is 11.0 Å². The molecule has 0 radical (unpaired) electrons. The highest BCUT2D eigenvalue weighted by molar-refractivity contribution is 8.00. The van der Waals surface area contributed by atoms with Crippen molar-refractivity contribution in [2.24, 2.45) is 0 Å². The van der Waals surface area contributed by atoms with Crippen LogP contribution in [0, 0.1) is 0 Å². The van der Waals surface area contributed by atoms with Gasteiger partial charge in [-0.05, 0) is 36.6 Å². The van der Waals surface area contributed by atoms with Crippen LogP contribution in [-0.2, 0) is 4.79 Å². The fraction of sp³-hybridized carbons (Fsp3) is 0.250. The van der Waals surface area contributed by atoms with E-state index in [4.69, 9.17) is 16.3 Å². The second-order valence-corrected chi connectivity index (χ2v) is 8.01. The summed E-state index contributed by atoms with van der Waals surface area (Å²) >= 11 is 7.43. The number of aromatic amines is 1. The molecule has 0 spiro atoms. The molecule has 1 unspecified atom stereocenters. The number of nitrogens with zero attached hydrogens (tertiary/aromatic N) is 2. The van der Waals surface area contributed by atoms with Crippen molar-refractivity contribution in [2.45, 2.75) is 29.3 Å². The van der Waals surface area contributed by atoms with Gasteiger partial charge in [0.15, 0.2) is 5.82 Å². The summed E-state index contributed by atoms with van der Waals surface area (Å²) in [5.41, 5.74) is 1.63. The van der Waals surface area contributed by atoms with Gasteiger partial charge in [-0.25, -0.2) is 4.98 Å². The van der Waals surface area contributed by atoms with Crippen LogP contribution in [0.5, 0.6) is 5.75 Å². The topological polar surface area (TPSA) is 79.9 Å². The average Bonchev–Trinajstić information content (AvgIpc) is 3.40. The molecule has 2 aromatic carbocycles. The quantitative estimate of drug-likeness (QED) is 0.565.